The van der Waals surface area contributed by atoms with Crippen LogP contribution in [-0.4, -0.2) is 16.8 Å². The predicted octanol–water partition coefficient (Wildman–Crippen LogP) is 4.06. The van der Waals surface area contributed by atoms with Crippen molar-refractivity contribution in [3.8, 4) is 10.6 Å². The summed E-state index contributed by atoms with van der Waals surface area (Å²) in [5, 5.41) is 8.88. The minimum Gasteiger partial charge on any atom is -0.351 e. The first-order valence-electron chi connectivity index (χ1n) is 8.61. The Kier molecular flexibility index (Phi) is 6.36. The molecule has 2 heterocycles. The summed E-state index contributed by atoms with van der Waals surface area (Å²) in [5.74, 6) is -0.254. The molecule has 3 aromatic rings. The van der Waals surface area contributed by atoms with Crippen LogP contribution in [-0.2, 0) is 16.1 Å². The number of benzene rings is 1. The van der Waals surface area contributed by atoms with Crippen LogP contribution in [0.4, 0.5) is 0 Å². The van der Waals surface area contributed by atoms with Gasteiger partial charge in [-0.1, -0.05) is 30.3 Å². The molecule has 0 saturated heterocycles. The van der Waals surface area contributed by atoms with Gasteiger partial charge in [-0.3, -0.25) is 9.59 Å². The molecule has 5 nitrogen and oxygen atoms in total. The van der Waals surface area contributed by atoms with E-state index in [4.69, 9.17) is 0 Å². The van der Waals surface area contributed by atoms with Crippen molar-refractivity contribution in [2.75, 3.05) is 0 Å². The minimum absolute atomic E-state index is 0.0999. The average molecular weight is 400 g/mol. The summed E-state index contributed by atoms with van der Waals surface area (Å²) in [6.07, 6.45) is 0.201. The highest BCUT2D eigenvalue weighted by Crippen LogP contribution is 2.29. The van der Waals surface area contributed by atoms with Crippen LogP contribution < -0.4 is 10.6 Å². The zero-order chi connectivity index (χ0) is 19.2. The van der Waals surface area contributed by atoms with E-state index in [-0.39, 0.29) is 24.3 Å². The number of amides is 2. The number of aryl methyl sites for hydroxylation is 1. The van der Waals surface area contributed by atoms with Crippen molar-refractivity contribution in [3.05, 3.63) is 63.3 Å². The molecule has 3 rings (SSSR count). The normalized spacial score (nSPS) is 11.8. The Morgan fingerprint density at radius 2 is 1.93 bits per heavy atom. The summed E-state index contributed by atoms with van der Waals surface area (Å²) >= 11 is 3.25. The van der Waals surface area contributed by atoms with Crippen molar-refractivity contribution >= 4 is 34.5 Å². The number of carbonyl (C=O) groups excluding carboxylic acids is 2. The third-order valence-corrected chi connectivity index (χ3v) is 5.84. The lowest BCUT2D eigenvalue weighted by Gasteiger charge is -2.18. The fraction of sp³-hybridized carbons (Fsp3) is 0.250. The Balaban J connectivity index is 1.58. The molecule has 27 heavy (non-hydrogen) atoms. The van der Waals surface area contributed by atoms with Gasteiger partial charge in [0.05, 0.1) is 34.6 Å². The number of nitrogens with zero attached hydrogens (tertiary/aromatic N) is 1. The Labute approximate surface area is 166 Å². The fourth-order valence-corrected chi connectivity index (χ4v) is 4.31. The van der Waals surface area contributed by atoms with Gasteiger partial charge in [-0.25, -0.2) is 4.98 Å². The van der Waals surface area contributed by atoms with Crippen molar-refractivity contribution in [3.63, 3.8) is 0 Å². The van der Waals surface area contributed by atoms with Crippen LogP contribution in [0.1, 0.15) is 34.8 Å². The van der Waals surface area contributed by atoms with E-state index in [1.807, 2.05) is 54.8 Å². The molecule has 0 fully saturated rings. The summed E-state index contributed by atoms with van der Waals surface area (Å²) in [4.78, 5) is 30.5. The molecule has 0 saturated carbocycles. The van der Waals surface area contributed by atoms with Crippen LogP contribution in [0, 0.1) is 6.92 Å². The fourth-order valence-electron chi connectivity index (χ4n) is 2.71. The second kappa shape index (κ2) is 8.92. The van der Waals surface area contributed by atoms with Crippen molar-refractivity contribution < 1.29 is 9.59 Å². The molecule has 0 aliphatic carbocycles. The van der Waals surface area contributed by atoms with E-state index in [2.05, 4.69) is 15.6 Å². The van der Waals surface area contributed by atoms with Crippen LogP contribution in [0.2, 0.25) is 0 Å². The molecule has 2 N–H and O–H groups in total. The van der Waals surface area contributed by atoms with E-state index in [1.165, 1.54) is 6.92 Å². The number of thiazole rings is 1. The molecule has 1 aromatic carbocycles. The monoisotopic (exact) mass is 399 g/mol. The number of thiophene rings is 1. The molecule has 0 radical (unpaired) electrons. The van der Waals surface area contributed by atoms with Crippen LogP contribution in [0.5, 0.6) is 0 Å². The van der Waals surface area contributed by atoms with Gasteiger partial charge in [-0.2, -0.15) is 0 Å². The highest BCUT2D eigenvalue weighted by atomic mass is 32.1. The Morgan fingerprint density at radius 1 is 1.15 bits per heavy atom. The smallest absolute Gasteiger partial charge is 0.222 e. The summed E-state index contributed by atoms with van der Waals surface area (Å²) < 4.78 is 0. The van der Waals surface area contributed by atoms with Gasteiger partial charge in [-0.05, 0) is 24.6 Å². The van der Waals surface area contributed by atoms with Gasteiger partial charge in [0.1, 0.15) is 0 Å². The maximum atomic E-state index is 12.4. The minimum atomic E-state index is -0.333. The molecule has 0 aliphatic heterocycles. The Hall–Kier alpha value is -2.51. The number of carbonyl (C=O) groups is 2. The van der Waals surface area contributed by atoms with Crippen molar-refractivity contribution in [2.24, 2.45) is 0 Å². The maximum absolute atomic E-state index is 12.4. The molecule has 140 valence electrons. The Bertz CT molecular complexity index is 918. The molecule has 0 spiro atoms. The largest absolute Gasteiger partial charge is 0.351 e. The van der Waals surface area contributed by atoms with Gasteiger partial charge in [0, 0.05) is 17.2 Å². The van der Waals surface area contributed by atoms with Crippen LogP contribution >= 0.6 is 22.7 Å². The van der Waals surface area contributed by atoms with Crippen molar-refractivity contribution in [2.45, 2.75) is 32.9 Å². The lowest BCUT2D eigenvalue weighted by atomic mass is 10.0. The molecule has 2 amide bonds. The molecule has 0 bridgehead atoms. The van der Waals surface area contributed by atoms with Gasteiger partial charge >= 0.3 is 0 Å². The topological polar surface area (TPSA) is 71.1 Å². The lowest BCUT2D eigenvalue weighted by Crippen LogP contribution is -2.32. The maximum Gasteiger partial charge on any atom is 0.222 e. The summed E-state index contributed by atoms with van der Waals surface area (Å²) in [7, 11) is 0. The molecular formula is C20H21N3O2S2. The molecular weight excluding hydrogens is 378 g/mol. The Morgan fingerprint density at radius 3 is 2.59 bits per heavy atom. The van der Waals surface area contributed by atoms with E-state index in [0.717, 1.165) is 26.0 Å². The first-order valence-corrected chi connectivity index (χ1v) is 10.3. The third kappa shape index (κ3) is 5.48. The lowest BCUT2D eigenvalue weighted by molar-refractivity contribution is -0.122. The van der Waals surface area contributed by atoms with Crippen molar-refractivity contribution in [1.29, 1.82) is 0 Å². The summed E-state index contributed by atoms with van der Waals surface area (Å²) in [6.45, 7) is 3.91. The van der Waals surface area contributed by atoms with Gasteiger partial charge < -0.3 is 10.6 Å². The van der Waals surface area contributed by atoms with Crippen molar-refractivity contribution in [1.82, 2.24) is 15.6 Å². The van der Waals surface area contributed by atoms with E-state index in [9.17, 15) is 9.59 Å². The quantitative estimate of drug-likeness (QED) is 0.629. The van der Waals surface area contributed by atoms with Gasteiger partial charge in [0.25, 0.3) is 0 Å². The molecule has 1 atom stereocenters. The van der Waals surface area contributed by atoms with E-state index >= 15 is 0 Å². The zero-order valence-electron chi connectivity index (χ0n) is 15.2. The average Bonchev–Trinajstić information content (AvgIpc) is 3.28. The number of aromatic nitrogens is 1. The van der Waals surface area contributed by atoms with Gasteiger partial charge in [-0.15, -0.1) is 22.7 Å². The standard InChI is InChI=1S/C20H21N3O2S2/c1-13(24)22-17(15-6-4-3-5-7-15)10-20(25)21-11-16-8-9-19(27-16)18-12-26-14(2)23-18/h3-9,12,17H,10-11H2,1-2H3,(H,21,25)(H,22,24)/t17-/m1/s1. The molecule has 0 aliphatic rings. The second-order valence-corrected chi connectivity index (χ2v) is 8.39. The first-order chi connectivity index (χ1) is 13.0. The number of nitrogens with one attached hydrogen (secondary N) is 2. The molecule has 7 heteroatoms. The highest BCUT2D eigenvalue weighted by Gasteiger charge is 2.17. The van der Waals surface area contributed by atoms with E-state index in [0.29, 0.717) is 6.54 Å². The first kappa shape index (κ1) is 19.3. The number of hydrogen-bond acceptors (Lipinski definition) is 5. The van der Waals surface area contributed by atoms with Gasteiger partial charge in [0.15, 0.2) is 0 Å². The SMILES string of the molecule is CC(=O)N[C@H](CC(=O)NCc1ccc(-c2csc(C)n2)s1)c1ccccc1. The zero-order valence-corrected chi connectivity index (χ0v) is 16.8. The van der Waals surface area contributed by atoms with Crippen LogP contribution in [0.25, 0.3) is 10.6 Å². The third-order valence-electron chi connectivity index (χ3n) is 3.96. The predicted molar refractivity (Wildman–Crippen MR) is 110 cm³/mol. The van der Waals surface area contributed by atoms with Crippen LogP contribution in [0.3, 0.4) is 0 Å². The highest BCUT2D eigenvalue weighted by molar-refractivity contribution is 7.16. The van der Waals surface area contributed by atoms with Crippen LogP contribution in [0.15, 0.2) is 47.8 Å². The number of rotatable bonds is 7. The summed E-state index contributed by atoms with van der Waals surface area (Å²) in [5.41, 5.74) is 1.90. The molecule has 0 unspecified atom stereocenters. The molecule has 2 aromatic heterocycles. The second-order valence-electron chi connectivity index (χ2n) is 6.16. The van der Waals surface area contributed by atoms with Gasteiger partial charge in [0.2, 0.25) is 11.8 Å². The van der Waals surface area contributed by atoms with E-state index < -0.39 is 0 Å². The summed E-state index contributed by atoms with van der Waals surface area (Å²) in [6, 6.07) is 13.2. The van der Waals surface area contributed by atoms with E-state index in [1.54, 1.807) is 22.7 Å². The number of hydrogen-bond donors (Lipinski definition) is 2.